The Kier molecular flexibility index (Phi) is 8.53. The molecule has 2 aliphatic rings. The summed E-state index contributed by atoms with van der Waals surface area (Å²) in [5.41, 5.74) is 4.65. The molecule has 0 saturated heterocycles. The molecule has 0 fully saturated rings. The predicted molar refractivity (Wildman–Crippen MR) is 150 cm³/mol. The maximum Gasteiger partial charge on any atom is 0.255 e. The molecule has 0 spiro atoms. The molecule has 0 aliphatic carbocycles. The first-order chi connectivity index (χ1) is 17.6. The van der Waals surface area contributed by atoms with Gasteiger partial charge in [0.15, 0.2) is 0 Å². The lowest BCUT2D eigenvalue weighted by atomic mass is 10.1. The van der Waals surface area contributed by atoms with Gasteiger partial charge in [-0.2, -0.15) is 0 Å². The fraction of sp³-hybridized carbons (Fsp3) is 0.214. The molecule has 3 aromatic carbocycles. The standard InChI is InChI=1S/C28H28N6O2.ClH/c35-27(33-23-9-1-19(2-10-23)17-25-29-13-14-30-25)21-5-7-22(8-6-21)28(36)34-24-11-3-20(4-12-24)18-26-31-15-16-32-26;/h1-12H,13-18H2,(H,29,30)(H,31,32)(H,33,35)(H,34,36);1H. The van der Waals surface area contributed by atoms with Crippen molar-refractivity contribution in [2.24, 2.45) is 9.98 Å². The fourth-order valence-corrected chi connectivity index (χ4v) is 4.11. The van der Waals surface area contributed by atoms with E-state index in [1.165, 1.54) is 0 Å². The van der Waals surface area contributed by atoms with Crippen molar-refractivity contribution in [1.82, 2.24) is 10.6 Å². The molecule has 0 atom stereocenters. The van der Waals surface area contributed by atoms with E-state index in [-0.39, 0.29) is 24.2 Å². The molecular formula is C28H29ClN6O2. The van der Waals surface area contributed by atoms with E-state index < -0.39 is 0 Å². The Morgan fingerprint density at radius 3 is 1.32 bits per heavy atom. The van der Waals surface area contributed by atoms with Crippen molar-refractivity contribution in [3.63, 3.8) is 0 Å². The Morgan fingerprint density at radius 2 is 1.00 bits per heavy atom. The zero-order valence-electron chi connectivity index (χ0n) is 20.3. The predicted octanol–water partition coefficient (Wildman–Crippen LogP) is 3.70. The number of carbonyl (C=O) groups is 2. The van der Waals surface area contributed by atoms with E-state index in [0.29, 0.717) is 22.5 Å². The largest absolute Gasteiger partial charge is 0.372 e. The van der Waals surface area contributed by atoms with Gasteiger partial charge in [-0.25, -0.2) is 0 Å². The molecule has 0 unspecified atom stereocenters. The second kappa shape index (κ2) is 12.2. The van der Waals surface area contributed by atoms with Crippen molar-refractivity contribution in [3.05, 3.63) is 95.1 Å². The molecule has 37 heavy (non-hydrogen) atoms. The summed E-state index contributed by atoms with van der Waals surface area (Å²) in [5, 5.41) is 12.3. The summed E-state index contributed by atoms with van der Waals surface area (Å²) in [6, 6.07) is 22.1. The molecule has 3 aromatic rings. The highest BCUT2D eigenvalue weighted by Gasteiger charge is 2.11. The number of benzene rings is 3. The SMILES string of the molecule is Cl.O=C(Nc1ccc(CC2=NCCN2)cc1)c1ccc(C(=O)Nc2ccc(CC3=NCCN3)cc2)cc1. The third-order valence-electron chi connectivity index (χ3n) is 6.06. The monoisotopic (exact) mass is 516 g/mol. The van der Waals surface area contributed by atoms with E-state index in [1.54, 1.807) is 24.3 Å². The van der Waals surface area contributed by atoms with Gasteiger partial charge in [0, 0.05) is 48.4 Å². The number of nitrogens with zero attached hydrogens (tertiary/aromatic N) is 2. The van der Waals surface area contributed by atoms with Crippen LogP contribution in [0.15, 0.2) is 82.8 Å². The zero-order chi connectivity index (χ0) is 24.7. The van der Waals surface area contributed by atoms with E-state index in [9.17, 15) is 9.59 Å². The lowest BCUT2D eigenvalue weighted by Gasteiger charge is -2.09. The van der Waals surface area contributed by atoms with E-state index in [0.717, 1.165) is 61.8 Å². The van der Waals surface area contributed by atoms with E-state index in [1.807, 2.05) is 48.5 Å². The summed E-state index contributed by atoms with van der Waals surface area (Å²) in [6.45, 7) is 3.44. The number of anilines is 2. The Balaban J connectivity index is 0.00000320. The van der Waals surface area contributed by atoms with Crippen LogP contribution < -0.4 is 21.3 Å². The van der Waals surface area contributed by atoms with Crippen LogP contribution in [0.2, 0.25) is 0 Å². The van der Waals surface area contributed by atoms with Crippen LogP contribution in [0.1, 0.15) is 31.8 Å². The first-order valence-corrected chi connectivity index (χ1v) is 12.1. The van der Waals surface area contributed by atoms with Gasteiger partial charge in [-0.3, -0.25) is 19.6 Å². The highest BCUT2D eigenvalue weighted by atomic mass is 35.5. The van der Waals surface area contributed by atoms with Crippen LogP contribution in [-0.2, 0) is 12.8 Å². The molecular weight excluding hydrogens is 488 g/mol. The topological polar surface area (TPSA) is 107 Å². The quantitative estimate of drug-likeness (QED) is 0.366. The van der Waals surface area contributed by atoms with Gasteiger partial charge >= 0.3 is 0 Å². The maximum atomic E-state index is 12.7. The molecule has 4 N–H and O–H groups in total. The van der Waals surface area contributed by atoms with Crippen LogP contribution in [-0.4, -0.2) is 49.7 Å². The van der Waals surface area contributed by atoms with Gasteiger partial charge in [-0.05, 0) is 59.7 Å². The van der Waals surface area contributed by atoms with Crippen molar-refractivity contribution in [2.75, 3.05) is 36.8 Å². The molecule has 2 amide bonds. The number of hydrogen-bond donors (Lipinski definition) is 4. The zero-order valence-corrected chi connectivity index (χ0v) is 21.1. The number of nitrogens with one attached hydrogen (secondary N) is 4. The molecule has 0 radical (unpaired) electrons. The molecule has 0 bridgehead atoms. The van der Waals surface area contributed by atoms with Gasteiger partial charge < -0.3 is 21.3 Å². The van der Waals surface area contributed by atoms with Gasteiger partial charge in [-0.1, -0.05) is 24.3 Å². The van der Waals surface area contributed by atoms with Crippen LogP contribution in [0.25, 0.3) is 0 Å². The van der Waals surface area contributed by atoms with Gasteiger partial charge in [0.1, 0.15) is 11.7 Å². The molecule has 0 saturated carbocycles. The Hall–Kier alpha value is -4.17. The molecule has 2 heterocycles. The smallest absolute Gasteiger partial charge is 0.255 e. The molecule has 5 rings (SSSR count). The van der Waals surface area contributed by atoms with Crippen molar-refractivity contribution in [1.29, 1.82) is 0 Å². The normalized spacial score (nSPS) is 13.9. The number of rotatable bonds is 8. The van der Waals surface area contributed by atoms with Crippen molar-refractivity contribution in [2.45, 2.75) is 12.8 Å². The number of amides is 2. The summed E-state index contributed by atoms with van der Waals surface area (Å²) in [4.78, 5) is 34.1. The number of aliphatic imine (C=N–C) groups is 2. The third-order valence-corrected chi connectivity index (χ3v) is 6.06. The number of amidine groups is 2. The van der Waals surface area contributed by atoms with Gasteiger partial charge in [0.05, 0.1) is 13.1 Å². The number of carbonyl (C=O) groups excluding carboxylic acids is 2. The van der Waals surface area contributed by atoms with Crippen molar-refractivity contribution >= 4 is 47.3 Å². The lowest BCUT2D eigenvalue weighted by Crippen LogP contribution is -2.20. The van der Waals surface area contributed by atoms with Crippen molar-refractivity contribution in [3.8, 4) is 0 Å². The van der Waals surface area contributed by atoms with Crippen LogP contribution in [0.5, 0.6) is 0 Å². The van der Waals surface area contributed by atoms with Crippen molar-refractivity contribution < 1.29 is 9.59 Å². The third kappa shape index (κ3) is 6.95. The summed E-state index contributed by atoms with van der Waals surface area (Å²) in [5.74, 6) is 1.54. The average molecular weight is 517 g/mol. The molecule has 9 heteroatoms. The number of halogens is 1. The number of hydrogen-bond acceptors (Lipinski definition) is 6. The van der Waals surface area contributed by atoms with Crippen LogP contribution >= 0.6 is 12.4 Å². The first-order valence-electron chi connectivity index (χ1n) is 12.1. The highest BCUT2D eigenvalue weighted by Crippen LogP contribution is 2.15. The summed E-state index contributed by atoms with van der Waals surface area (Å²) in [6.07, 6.45) is 1.52. The van der Waals surface area contributed by atoms with E-state index >= 15 is 0 Å². The van der Waals surface area contributed by atoms with Crippen LogP contribution in [0, 0.1) is 0 Å². The van der Waals surface area contributed by atoms with Gasteiger partial charge in [-0.15, -0.1) is 12.4 Å². The second-order valence-corrected chi connectivity index (χ2v) is 8.74. The van der Waals surface area contributed by atoms with Crippen LogP contribution in [0.4, 0.5) is 11.4 Å². The maximum absolute atomic E-state index is 12.7. The summed E-state index contributed by atoms with van der Waals surface area (Å²) >= 11 is 0. The Labute approximate surface area is 222 Å². The fourth-order valence-electron chi connectivity index (χ4n) is 4.11. The summed E-state index contributed by atoms with van der Waals surface area (Å²) in [7, 11) is 0. The second-order valence-electron chi connectivity index (χ2n) is 8.74. The summed E-state index contributed by atoms with van der Waals surface area (Å²) < 4.78 is 0. The van der Waals surface area contributed by atoms with Gasteiger partial charge in [0.25, 0.3) is 11.8 Å². The van der Waals surface area contributed by atoms with Gasteiger partial charge in [0.2, 0.25) is 0 Å². The lowest BCUT2D eigenvalue weighted by molar-refractivity contribution is 0.101. The minimum Gasteiger partial charge on any atom is -0.372 e. The minimum atomic E-state index is -0.228. The average Bonchev–Trinajstić information content (AvgIpc) is 3.61. The molecule has 190 valence electrons. The van der Waals surface area contributed by atoms with E-state index in [2.05, 4.69) is 31.3 Å². The Morgan fingerprint density at radius 1 is 0.622 bits per heavy atom. The molecule has 8 nitrogen and oxygen atoms in total. The minimum absolute atomic E-state index is 0. The molecule has 0 aromatic heterocycles. The van der Waals surface area contributed by atoms with E-state index in [4.69, 9.17) is 0 Å². The highest BCUT2D eigenvalue weighted by molar-refractivity contribution is 6.07. The molecule has 2 aliphatic heterocycles. The van der Waals surface area contributed by atoms with Crippen LogP contribution in [0.3, 0.4) is 0 Å². The first kappa shape index (κ1) is 25.9. The Bertz CT molecular complexity index is 1200.